The average molecular weight is 440 g/mol. The highest BCUT2D eigenvalue weighted by Crippen LogP contribution is 2.37. The van der Waals surface area contributed by atoms with Gasteiger partial charge in [-0.05, 0) is 67.7 Å². The summed E-state index contributed by atoms with van der Waals surface area (Å²) in [6.07, 6.45) is 10.6. The number of benzene rings is 2. The summed E-state index contributed by atoms with van der Waals surface area (Å²) in [6.45, 7) is 2.23. The van der Waals surface area contributed by atoms with Crippen molar-refractivity contribution in [3.05, 3.63) is 64.7 Å². The monoisotopic (exact) mass is 439 g/mol. The van der Waals surface area contributed by atoms with E-state index in [9.17, 15) is 13.6 Å². The van der Waals surface area contributed by atoms with E-state index in [1.165, 1.54) is 43.2 Å². The van der Waals surface area contributed by atoms with E-state index in [1.54, 1.807) is 6.07 Å². The molecule has 1 fully saturated rings. The van der Waals surface area contributed by atoms with Gasteiger partial charge in [0, 0.05) is 0 Å². The fourth-order valence-electron chi connectivity index (χ4n) is 4.44. The second-order valence-electron chi connectivity index (χ2n) is 8.73. The van der Waals surface area contributed by atoms with E-state index in [-0.39, 0.29) is 5.92 Å². The molecule has 0 radical (unpaired) electrons. The summed E-state index contributed by atoms with van der Waals surface area (Å²) in [5, 5.41) is 8.76. The summed E-state index contributed by atoms with van der Waals surface area (Å²) < 4.78 is 32.9. The van der Waals surface area contributed by atoms with Gasteiger partial charge in [0.1, 0.15) is 6.07 Å². The van der Waals surface area contributed by atoms with Crippen molar-refractivity contribution in [2.24, 2.45) is 5.92 Å². The molecule has 0 N–H and O–H groups in total. The second kappa shape index (κ2) is 11.8. The third kappa shape index (κ3) is 6.16. The van der Waals surface area contributed by atoms with E-state index in [0.717, 1.165) is 31.4 Å². The first-order valence-corrected chi connectivity index (χ1v) is 11.7. The number of aryl methyl sites for hydroxylation is 1. The Labute approximate surface area is 189 Å². The average Bonchev–Trinajstić information content (AvgIpc) is 2.82. The number of carbonyl (C=O) groups excluding carboxylic acids is 1. The molecule has 32 heavy (non-hydrogen) atoms. The van der Waals surface area contributed by atoms with Crippen molar-refractivity contribution in [3.63, 3.8) is 0 Å². The third-order valence-electron chi connectivity index (χ3n) is 6.46. The summed E-state index contributed by atoms with van der Waals surface area (Å²) in [6, 6.07) is 12.7. The number of hydrogen-bond donors (Lipinski definition) is 0. The van der Waals surface area contributed by atoms with Crippen LogP contribution in [0.15, 0.2) is 36.4 Å². The van der Waals surface area contributed by atoms with Gasteiger partial charge in [-0.3, -0.25) is 4.79 Å². The van der Waals surface area contributed by atoms with Gasteiger partial charge in [-0.25, -0.2) is 4.39 Å². The van der Waals surface area contributed by atoms with Crippen LogP contribution in [0.25, 0.3) is 0 Å². The molecule has 5 heteroatoms. The maximum Gasteiger partial charge on any atom is 0.314 e. The molecule has 0 bridgehead atoms. The Bertz CT molecular complexity index is 941. The topological polar surface area (TPSA) is 50.1 Å². The van der Waals surface area contributed by atoms with Crippen LogP contribution in [-0.2, 0) is 11.2 Å². The zero-order valence-electron chi connectivity index (χ0n) is 18.7. The molecular weight excluding hydrogens is 408 g/mol. The molecule has 0 amide bonds. The van der Waals surface area contributed by atoms with Crippen molar-refractivity contribution in [1.82, 2.24) is 0 Å². The highest BCUT2D eigenvalue weighted by molar-refractivity contribution is 5.75. The van der Waals surface area contributed by atoms with E-state index < -0.39 is 28.9 Å². The molecular formula is C27H31F2NO2. The molecule has 170 valence electrons. The number of ether oxygens (including phenoxy) is 1. The minimum absolute atomic E-state index is 0.327. The zero-order chi connectivity index (χ0) is 22.9. The van der Waals surface area contributed by atoms with Gasteiger partial charge < -0.3 is 4.74 Å². The second-order valence-corrected chi connectivity index (χ2v) is 8.73. The number of esters is 1. The smallest absolute Gasteiger partial charge is 0.314 e. The molecule has 1 aliphatic carbocycles. The SMILES string of the molecule is CCCCCCCc1ccc(C2CCC(C(=O)Oc3ccc(C#N)c(F)c3F)CC2)cc1. The van der Waals surface area contributed by atoms with Gasteiger partial charge in [-0.2, -0.15) is 9.65 Å². The van der Waals surface area contributed by atoms with Crippen molar-refractivity contribution in [2.45, 2.75) is 77.0 Å². The molecule has 3 rings (SSSR count). The molecule has 0 unspecified atom stereocenters. The number of halogens is 2. The standard InChI is InChI=1S/C27H31F2NO2/c1-2-3-4-5-6-7-19-8-10-20(11-9-19)21-12-14-22(15-13-21)27(31)32-24-17-16-23(18-30)25(28)26(24)29/h8-11,16-17,21-22H,2-7,12-15H2,1H3. The Balaban J connectivity index is 1.48. The Morgan fingerprint density at radius 2 is 1.66 bits per heavy atom. The van der Waals surface area contributed by atoms with Gasteiger partial charge >= 0.3 is 5.97 Å². The lowest BCUT2D eigenvalue weighted by Gasteiger charge is -2.27. The summed E-state index contributed by atoms with van der Waals surface area (Å²) in [7, 11) is 0. The number of nitrogens with zero attached hydrogens (tertiary/aromatic N) is 1. The third-order valence-corrected chi connectivity index (χ3v) is 6.46. The Hall–Kier alpha value is -2.74. The number of unbranched alkanes of at least 4 members (excludes halogenated alkanes) is 4. The van der Waals surface area contributed by atoms with Crippen molar-refractivity contribution < 1.29 is 18.3 Å². The predicted molar refractivity (Wildman–Crippen MR) is 120 cm³/mol. The van der Waals surface area contributed by atoms with Crippen LogP contribution >= 0.6 is 0 Å². The first-order chi connectivity index (χ1) is 15.5. The van der Waals surface area contributed by atoms with Crippen LogP contribution in [-0.4, -0.2) is 5.97 Å². The van der Waals surface area contributed by atoms with Gasteiger partial charge in [-0.1, -0.05) is 56.9 Å². The van der Waals surface area contributed by atoms with E-state index in [1.807, 2.05) is 0 Å². The highest BCUT2D eigenvalue weighted by Gasteiger charge is 2.29. The zero-order valence-corrected chi connectivity index (χ0v) is 18.7. The first-order valence-electron chi connectivity index (χ1n) is 11.7. The molecule has 0 spiro atoms. The molecule has 0 aliphatic heterocycles. The number of hydrogen-bond acceptors (Lipinski definition) is 3. The summed E-state index contributed by atoms with van der Waals surface area (Å²) in [5.74, 6) is -3.50. The highest BCUT2D eigenvalue weighted by atomic mass is 19.2. The van der Waals surface area contributed by atoms with Gasteiger partial charge in [0.05, 0.1) is 11.5 Å². The molecule has 3 nitrogen and oxygen atoms in total. The lowest BCUT2D eigenvalue weighted by atomic mass is 9.78. The minimum Gasteiger partial charge on any atom is -0.423 e. The fourth-order valence-corrected chi connectivity index (χ4v) is 4.44. The van der Waals surface area contributed by atoms with E-state index >= 15 is 0 Å². The molecule has 0 saturated heterocycles. The van der Waals surface area contributed by atoms with Gasteiger partial charge in [-0.15, -0.1) is 0 Å². The van der Waals surface area contributed by atoms with Gasteiger partial charge in [0.15, 0.2) is 11.6 Å². The molecule has 2 aromatic rings. The number of rotatable bonds is 9. The fraction of sp³-hybridized carbons (Fsp3) is 0.481. The first kappa shape index (κ1) is 23.9. The van der Waals surface area contributed by atoms with Crippen LogP contribution in [0.3, 0.4) is 0 Å². The molecule has 0 aromatic heterocycles. The van der Waals surface area contributed by atoms with Crippen molar-refractivity contribution in [3.8, 4) is 11.8 Å². The van der Waals surface area contributed by atoms with Crippen LogP contribution in [0.4, 0.5) is 8.78 Å². The van der Waals surface area contributed by atoms with Crippen LogP contribution in [0.2, 0.25) is 0 Å². The maximum absolute atomic E-state index is 14.0. The van der Waals surface area contributed by atoms with Crippen molar-refractivity contribution in [1.29, 1.82) is 5.26 Å². The molecule has 0 atom stereocenters. The van der Waals surface area contributed by atoms with Crippen molar-refractivity contribution in [2.75, 3.05) is 0 Å². The van der Waals surface area contributed by atoms with Crippen molar-refractivity contribution >= 4 is 5.97 Å². The van der Waals surface area contributed by atoms with Crippen LogP contribution in [0.5, 0.6) is 5.75 Å². The molecule has 1 saturated carbocycles. The Morgan fingerprint density at radius 3 is 2.31 bits per heavy atom. The predicted octanol–water partition coefficient (Wildman–Crippen LogP) is 7.23. The van der Waals surface area contributed by atoms with E-state index in [0.29, 0.717) is 18.8 Å². The number of carbonyl (C=O) groups is 1. The number of nitriles is 1. The Kier molecular flexibility index (Phi) is 8.79. The van der Waals surface area contributed by atoms with Crippen LogP contribution < -0.4 is 4.74 Å². The summed E-state index contributed by atoms with van der Waals surface area (Å²) in [5.41, 5.74) is 2.26. The maximum atomic E-state index is 14.0. The van der Waals surface area contributed by atoms with E-state index in [4.69, 9.17) is 10.00 Å². The van der Waals surface area contributed by atoms with Crippen LogP contribution in [0.1, 0.15) is 87.3 Å². The normalized spacial score (nSPS) is 18.2. The minimum atomic E-state index is -1.29. The lowest BCUT2D eigenvalue weighted by Crippen LogP contribution is -2.25. The summed E-state index contributed by atoms with van der Waals surface area (Å²) >= 11 is 0. The molecule has 2 aromatic carbocycles. The quantitative estimate of drug-likeness (QED) is 0.235. The van der Waals surface area contributed by atoms with E-state index in [2.05, 4.69) is 31.2 Å². The largest absolute Gasteiger partial charge is 0.423 e. The summed E-state index contributed by atoms with van der Waals surface area (Å²) in [4.78, 5) is 12.5. The lowest BCUT2D eigenvalue weighted by molar-refractivity contribution is -0.140. The van der Waals surface area contributed by atoms with Gasteiger partial charge in [0.25, 0.3) is 0 Å². The molecule has 0 heterocycles. The van der Waals surface area contributed by atoms with Gasteiger partial charge in [0.2, 0.25) is 5.82 Å². The Morgan fingerprint density at radius 1 is 0.969 bits per heavy atom. The van der Waals surface area contributed by atoms with Crippen LogP contribution in [0, 0.1) is 28.9 Å². The molecule has 1 aliphatic rings.